The molecular formula is C21H23FN2O4S. The third kappa shape index (κ3) is 5.80. The predicted molar refractivity (Wildman–Crippen MR) is 111 cm³/mol. The van der Waals surface area contributed by atoms with Crippen molar-refractivity contribution in [2.75, 3.05) is 11.0 Å². The van der Waals surface area contributed by atoms with Crippen LogP contribution in [0.2, 0.25) is 0 Å². The Labute approximate surface area is 169 Å². The van der Waals surface area contributed by atoms with Gasteiger partial charge in [0.15, 0.2) is 0 Å². The second-order valence-corrected chi connectivity index (χ2v) is 9.39. The first kappa shape index (κ1) is 20.9. The number of hydrogen-bond donors (Lipinski definition) is 2. The highest BCUT2D eigenvalue weighted by Crippen LogP contribution is 2.35. The zero-order valence-electron chi connectivity index (χ0n) is 16.5. The van der Waals surface area contributed by atoms with Gasteiger partial charge in [0.1, 0.15) is 17.2 Å². The third-order valence-electron chi connectivity index (χ3n) is 4.31. The average Bonchev–Trinajstić information content (AvgIpc) is 2.92. The SMILES string of the molecule is CC1(C)Cc2cc(/C=C/C(=O)NCc3ccc(NS(C)(=O)=O)c(F)c3)ccc2O1. The fourth-order valence-electron chi connectivity index (χ4n) is 3.10. The molecule has 6 nitrogen and oxygen atoms in total. The lowest BCUT2D eigenvalue weighted by Gasteiger charge is -2.16. The third-order valence-corrected chi connectivity index (χ3v) is 4.90. The Hall–Kier alpha value is -2.87. The molecule has 0 bridgehead atoms. The standard InChI is InChI=1S/C21H23FN2O4S/c1-21(2)12-16-10-14(5-8-19(16)28-21)6-9-20(25)23-13-15-4-7-18(17(22)11-15)24-29(3,26)27/h4-11,24H,12-13H2,1-3H3,(H,23,25)/b9-6+. The van der Waals surface area contributed by atoms with E-state index in [1.54, 1.807) is 12.1 Å². The van der Waals surface area contributed by atoms with Crippen LogP contribution in [-0.4, -0.2) is 26.2 Å². The maximum Gasteiger partial charge on any atom is 0.244 e. The van der Waals surface area contributed by atoms with Gasteiger partial charge >= 0.3 is 0 Å². The summed E-state index contributed by atoms with van der Waals surface area (Å²) in [5, 5.41) is 2.67. The van der Waals surface area contributed by atoms with E-state index in [9.17, 15) is 17.6 Å². The van der Waals surface area contributed by atoms with Crippen molar-refractivity contribution in [1.29, 1.82) is 0 Å². The molecule has 2 aromatic rings. The molecule has 8 heteroatoms. The molecule has 0 fully saturated rings. The van der Waals surface area contributed by atoms with Crippen LogP contribution in [0.1, 0.15) is 30.5 Å². The molecule has 1 heterocycles. The van der Waals surface area contributed by atoms with E-state index in [4.69, 9.17) is 4.74 Å². The van der Waals surface area contributed by atoms with Crippen molar-refractivity contribution < 1.29 is 22.3 Å². The lowest BCUT2D eigenvalue weighted by molar-refractivity contribution is -0.116. The van der Waals surface area contributed by atoms with Crippen LogP contribution in [0.3, 0.4) is 0 Å². The quantitative estimate of drug-likeness (QED) is 0.706. The van der Waals surface area contributed by atoms with E-state index >= 15 is 0 Å². The van der Waals surface area contributed by atoms with Crippen molar-refractivity contribution in [3.8, 4) is 5.75 Å². The summed E-state index contributed by atoms with van der Waals surface area (Å²) in [4.78, 5) is 12.1. The molecule has 3 rings (SSSR count). The number of halogens is 1. The molecule has 1 amide bonds. The Kier molecular flexibility index (Phi) is 5.66. The van der Waals surface area contributed by atoms with Crippen LogP contribution >= 0.6 is 0 Å². The van der Waals surface area contributed by atoms with Crippen LogP contribution in [0, 0.1) is 5.82 Å². The first-order chi connectivity index (χ1) is 13.5. The van der Waals surface area contributed by atoms with Crippen LogP contribution < -0.4 is 14.8 Å². The van der Waals surface area contributed by atoms with E-state index < -0.39 is 15.8 Å². The van der Waals surface area contributed by atoms with Gasteiger partial charge in [-0.1, -0.05) is 12.1 Å². The molecule has 0 radical (unpaired) electrons. The van der Waals surface area contributed by atoms with Gasteiger partial charge in [0, 0.05) is 19.0 Å². The number of ether oxygens (including phenoxy) is 1. The van der Waals surface area contributed by atoms with E-state index in [0.29, 0.717) is 5.56 Å². The summed E-state index contributed by atoms with van der Waals surface area (Å²) in [6.45, 7) is 4.18. The zero-order valence-corrected chi connectivity index (χ0v) is 17.3. The van der Waals surface area contributed by atoms with Gasteiger partial charge in [-0.25, -0.2) is 12.8 Å². The summed E-state index contributed by atoms with van der Waals surface area (Å²) in [6.07, 6.45) is 4.88. The molecule has 29 heavy (non-hydrogen) atoms. The van der Waals surface area contributed by atoms with E-state index in [-0.39, 0.29) is 23.7 Å². The minimum Gasteiger partial charge on any atom is -0.487 e. The number of sulfonamides is 1. The Balaban J connectivity index is 1.57. The number of nitrogens with one attached hydrogen (secondary N) is 2. The lowest BCUT2D eigenvalue weighted by atomic mass is 10.00. The smallest absolute Gasteiger partial charge is 0.244 e. The molecule has 0 saturated carbocycles. The van der Waals surface area contributed by atoms with E-state index in [1.807, 2.05) is 32.0 Å². The number of hydrogen-bond acceptors (Lipinski definition) is 4. The lowest BCUT2D eigenvalue weighted by Crippen LogP contribution is -2.24. The number of carbonyl (C=O) groups is 1. The second-order valence-electron chi connectivity index (χ2n) is 7.65. The summed E-state index contributed by atoms with van der Waals surface area (Å²) in [5.74, 6) is -0.158. The van der Waals surface area contributed by atoms with Gasteiger partial charge in [-0.3, -0.25) is 9.52 Å². The van der Waals surface area contributed by atoms with Crippen molar-refractivity contribution in [1.82, 2.24) is 5.32 Å². The Morgan fingerprint density at radius 2 is 2.00 bits per heavy atom. The molecular weight excluding hydrogens is 395 g/mol. The van der Waals surface area contributed by atoms with Crippen molar-refractivity contribution in [3.63, 3.8) is 0 Å². The Morgan fingerprint density at radius 1 is 1.24 bits per heavy atom. The highest BCUT2D eigenvalue weighted by atomic mass is 32.2. The maximum atomic E-state index is 14.0. The molecule has 0 saturated heterocycles. The van der Waals surface area contributed by atoms with Gasteiger partial charge in [0.2, 0.25) is 15.9 Å². The molecule has 0 aromatic heterocycles. The fraction of sp³-hybridized carbons (Fsp3) is 0.286. The van der Waals surface area contributed by atoms with E-state index in [1.165, 1.54) is 18.2 Å². The molecule has 0 aliphatic carbocycles. The van der Waals surface area contributed by atoms with Crippen LogP contribution in [0.4, 0.5) is 10.1 Å². The molecule has 0 atom stereocenters. The highest BCUT2D eigenvalue weighted by Gasteiger charge is 2.29. The summed E-state index contributed by atoms with van der Waals surface area (Å²) in [6, 6.07) is 9.82. The maximum absolute atomic E-state index is 14.0. The Bertz CT molecular complexity index is 1080. The number of anilines is 1. The Morgan fingerprint density at radius 3 is 2.69 bits per heavy atom. The molecule has 2 aromatic carbocycles. The first-order valence-corrected chi connectivity index (χ1v) is 10.9. The zero-order chi connectivity index (χ0) is 21.2. The van der Waals surface area contributed by atoms with Gasteiger partial charge in [-0.15, -0.1) is 0 Å². The second kappa shape index (κ2) is 7.87. The van der Waals surface area contributed by atoms with Crippen LogP contribution in [-0.2, 0) is 27.8 Å². The van der Waals surface area contributed by atoms with Crippen molar-refractivity contribution in [2.45, 2.75) is 32.4 Å². The number of benzene rings is 2. The number of rotatable bonds is 6. The van der Waals surface area contributed by atoms with Gasteiger partial charge < -0.3 is 10.1 Å². The minimum absolute atomic E-state index is 0.117. The molecule has 0 spiro atoms. The molecule has 1 aliphatic rings. The summed E-state index contributed by atoms with van der Waals surface area (Å²) < 4.78 is 44.3. The molecule has 2 N–H and O–H groups in total. The minimum atomic E-state index is -3.56. The number of amides is 1. The topological polar surface area (TPSA) is 84.5 Å². The summed E-state index contributed by atoms with van der Waals surface area (Å²) in [7, 11) is -3.56. The number of carbonyl (C=O) groups excluding carboxylic acids is 1. The monoisotopic (exact) mass is 418 g/mol. The van der Waals surface area contributed by atoms with Crippen molar-refractivity contribution in [2.24, 2.45) is 0 Å². The van der Waals surface area contributed by atoms with Crippen LogP contribution in [0.25, 0.3) is 6.08 Å². The molecule has 154 valence electrons. The number of fused-ring (bicyclic) bond motifs is 1. The van der Waals surface area contributed by atoms with Crippen LogP contribution in [0.5, 0.6) is 5.75 Å². The van der Waals surface area contributed by atoms with Gasteiger partial charge in [0.05, 0.1) is 11.9 Å². The van der Waals surface area contributed by atoms with Gasteiger partial charge in [0.25, 0.3) is 0 Å². The van der Waals surface area contributed by atoms with Crippen molar-refractivity contribution >= 4 is 27.7 Å². The van der Waals surface area contributed by atoms with Gasteiger partial charge in [-0.05, 0) is 60.9 Å². The summed E-state index contributed by atoms with van der Waals surface area (Å²) >= 11 is 0. The summed E-state index contributed by atoms with van der Waals surface area (Å²) in [5.41, 5.74) is 2.16. The van der Waals surface area contributed by atoms with Crippen molar-refractivity contribution in [3.05, 3.63) is 65.0 Å². The molecule has 0 unspecified atom stereocenters. The largest absolute Gasteiger partial charge is 0.487 e. The molecule has 1 aliphatic heterocycles. The van der Waals surface area contributed by atoms with Gasteiger partial charge in [-0.2, -0.15) is 0 Å². The van der Waals surface area contributed by atoms with Crippen LogP contribution in [0.15, 0.2) is 42.5 Å². The van der Waals surface area contributed by atoms with E-state index in [0.717, 1.165) is 29.6 Å². The van der Waals surface area contributed by atoms with E-state index in [2.05, 4.69) is 10.0 Å². The first-order valence-electron chi connectivity index (χ1n) is 9.05. The fourth-order valence-corrected chi connectivity index (χ4v) is 3.67. The normalized spacial score (nSPS) is 15.0. The predicted octanol–water partition coefficient (Wildman–Crippen LogP) is 3.24. The average molecular weight is 418 g/mol. The highest BCUT2D eigenvalue weighted by molar-refractivity contribution is 7.92.